The van der Waals surface area contributed by atoms with Gasteiger partial charge >= 0.3 is 56.5 Å². The van der Waals surface area contributed by atoms with Crippen molar-refractivity contribution in [3.05, 3.63) is 44.7 Å². The monoisotopic (exact) mass is 311 g/mol. The van der Waals surface area contributed by atoms with Gasteiger partial charge in [-0.15, -0.1) is 0 Å². The van der Waals surface area contributed by atoms with E-state index in [9.17, 15) is 0 Å². The van der Waals surface area contributed by atoms with Crippen LogP contribution in [-0.4, -0.2) is 5.45 Å². The quantitative estimate of drug-likeness (QED) is 0.276. The first kappa shape index (κ1) is 47.7. The Labute approximate surface area is 107 Å². The number of hydrogen-bond donors (Lipinski definition) is 0. The van der Waals surface area contributed by atoms with E-state index in [-0.39, 0.29) is 17.4 Å². The number of rotatable bonds is 0. The van der Waals surface area contributed by atoms with Crippen molar-refractivity contribution in [3.8, 4) is 0 Å². The Bertz CT molecular complexity index is 155. The van der Waals surface area contributed by atoms with Gasteiger partial charge in [0.05, 0.1) is 0 Å². The summed E-state index contributed by atoms with van der Waals surface area (Å²) in [6, 6.07) is 0. The van der Waals surface area contributed by atoms with Gasteiger partial charge in [0.25, 0.3) is 5.45 Å². The Morgan fingerprint density at radius 3 is 0.800 bits per heavy atom. The zero-order valence-corrected chi connectivity index (χ0v) is 9.84. The van der Waals surface area contributed by atoms with E-state index in [2.05, 4.69) is 54.0 Å². The number of nitrogens with zero attached hydrogens (tertiary/aromatic N) is 1. The van der Waals surface area contributed by atoms with Gasteiger partial charge in [-0.3, -0.25) is 0 Å². The van der Waals surface area contributed by atoms with Gasteiger partial charge in [0, 0.05) is 33.3 Å². The predicted octanol–water partition coefficient (Wildman–Crippen LogP) is 1.07. The van der Waals surface area contributed by atoms with Crippen LogP contribution in [0.25, 0.3) is 4.85 Å². The van der Waals surface area contributed by atoms with Gasteiger partial charge in [-0.1, -0.05) is 0 Å². The Morgan fingerprint density at radius 2 is 0.800 bits per heavy atom. The molecule has 0 radical (unpaired) electrons. The Kier molecular flexibility index (Phi) is 4330. The van der Waals surface area contributed by atoms with E-state index in [1.165, 1.54) is 0 Å². The fourth-order valence-corrected chi connectivity index (χ4v) is 0. The third-order valence-corrected chi connectivity index (χ3v) is 0.311. The predicted molar refractivity (Wildman–Crippen MR) is 40.0 cm³/mol. The van der Waals surface area contributed by atoms with Crippen molar-refractivity contribution < 1.29 is 40.6 Å². The van der Waals surface area contributed by atoms with Crippen LogP contribution < -0.4 is 0 Å². The SMILES string of the molecule is [C-]#[N+]CBr.[C-]#[O+].[C-]#[O+].[C-]#[O+].[C-]#[O+].[C-]#[O+].[Cr]. The summed E-state index contributed by atoms with van der Waals surface area (Å²) in [6.45, 7) is 28.5. The molecule has 0 aromatic carbocycles. The average molecular weight is 312 g/mol. The van der Waals surface area contributed by atoms with Crippen molar-refractivity contribution in [1.82, 2.24) is 0 Å². The van der Waals surface area contributed by atoms with Crippen LogP contribution in [0.15, 0.2) is 0 Å². The molecule has 0 aromatic heterocycles. The molecule has 0 amide bonds. The van der Waals surface area contributed by atoms with Gasteiger partial charge in [0.1, 0.15) is 0 Å². The molecule has 6 nitrogen and oxygen atoms in total. The maximum absolute atomic E-state index is 7.50. The van der Waals surface area contributed by atoms with Gasteiger partial charge < -0.3 is 4.85 Å². The van der Waals surface area contributed by atoms with Crippen LogP contribution in [-0.2, 0) is 40.6 Å². The van der Waals surface area contributed by atoms with Crippen molar-refractivity contribution in [2.24, 2.45) is 0 Å². The molecule has 0 aliphatic heterocycles. The first-order valence-electron chi connectivity index (χ1n) is 1.83. The molecular formula is C7H2BrCrNO5. The van der Waals surface area contributed by atoms with Crippen LogP contribution in [0.1, 0.15) is 0 Å². The van der Waals surface area contributed by atoms with E-state index < -0.39 is 0 Å². The molecule has 0 rings (SSSR count). The van der Waals surface area contributed by atoms with E-state index in [4.69, 9.17) is 29.8 Å². The Hall–Kier alpha value is -0.798. The summed E-state index contributed by atoms with van der Waals surface area (Å²) in [5.41, 5.74) is 0.424. The van der Waals surface area contributed by atoms with Crippen LogP contribution in [0.5, 0.6) is 0 Å². The number of hydrogen-bond acceptors (Lipinski definition) is 0. The summed E-state index contributed by atoms with van der Waals surface area (Å²) in [7, 11) is 0. The van der Waals surface area contributed by atoms with Crippen molar-refractivity contribution in [1.29, 1.82) is 0 Å². The van der Waals surface area contributed by atoms with Crippen LogP contribution in [0.4, 0.5) is 0 Å². The van der Waals surface area contributed by atoms with Crippen molar-refractivity contribution in [2.45, 2.75) is 0 Å². The van der Waals surface area contributed by atoms with Crippen LogP contribution in [0.3, 0.4) is 0 Å². The third-order valence-electron chi connectivity index (χ3n) is 0.0598. The third kappa shape index (κ3) is 40400. The molecule has 0 aliphatic carbocycles. The fourth-order valence-electron chi connectivity index (χ4n) is 0. The summed E-state index contributed by atoms with van der Waals surface area (Å²) in [5.74, 6) is 0. The average Bonchev–Trinajstić information content (AvgIpc) is 2.41. The second-order valence-electron chi connectivity index (χ2n) is 0.278. The van der Waals surface area contributed by atoms with Gasteiger partial charge in [-0.2, -0.15) is 0 Å². The van der Waals surface area contributed by atoms with Gasteiger partial charge in [0.15, 0.2) is 0 Å². The smallest absolute Gasteiger partial charge is 0 e. The molecule has 78 valence electrons. The molecule has 0 N–H and O–H groups in total. The molecule has 8 heteroatoms. The van der Waals surface area contributed by atoms with Crippen LogP contribution >= 0.6 is 15.9 Å². The molecule has 0 heterocycles. The van der Waals surface area contributed by atoms with Crippen LogP contribution in [0, 0.1) is 39.8 Å². The van der Waals surface area contributed by atoms with Crippen molar-refractivity contribution in [3.63, 3.8) is 0 Å². The van der Waals surface area contributed by atoms with E-state index in [0.29, 0.717) is 5.45 Å². The zero-order valence-electron chi connectivity index (χ0n) is 6.98. The standard InChI is InChI=1S/C2H2BrN.5CO.Cr/c1-4-2-3;5*1-2;/h2H2;;;;;;. The summed E-state index contributed by atoms with van der Waals surface area (Å²) < 4.78 is 37.5. The molecule has 0 atom stereocenters. The molecule has 0 bridgehead atoms. The topological polar surface area (TPSA) is 104 Å². The summed E-state index contributed by atoms with van der Waals surface area (Å²) in [6.07, 6.45) is 0. The first-order valence-corrected chi connectivity index (χ1v) is 2.95. The van der Waals surface area contributed by atoms with E-state index in [0.717, 1.165) is 0 Å². The molecule has 0 spiro atoms. The number of alkyl halides is 1. The van der Waals surface area contributed by atoms with Crippen molar-refractivity contribution >= 4 is 15.9 Å². The molecule has 15 heavy (non-hydrogen) atoms. The minimum absolute atomic E-state index is 0. The molecule has 0 aliphatic rings. The summed E-state index contributed by atoms with van der Waals surface area (Å²) >= 11 is 2.89. The maximum atomic E-state index is 7.50. The largest absolute Gasteiger partial charge is 0 e. The first-order chi connectivity index (χ1) is 6.91. The maximum Gasteiger partial charge on any atom is 0 e. The van der Waals surface area contributed by atoms with Gasteiger partial charge in [-0.25, -0.2) is 6.57 Å². The van der Waals surface area contributed by atoms with Gasteiger partial charge in [0.2, 0.25) is 0 Å². The Morgan fingerprint density at radius 1 is 0.733 bits per heavy atom. The minimum Gasteiger partial charge on any atom is 0 e. The second kappa shape index (κ2) is 1360. The normalized spacial score (nSPS) is 2.00. The number of halogens is 1. The second-order valence-corrected chi connectivity index (χ2v) is 0.779. The van der Waals surface area contributed by atoms with Gasteiger partial charge in [-0.05, 0) is 0 Å². The Balaban J connectivity index is -0.0000000105. The molecule has 0 fully saturated rings. The fraction of sp³-hybridized carbons (Fsp3) is 0.143. The summed E-state index contributed by atoms with van der Waals surface area (Å²) in [4.78, 5) is 2.90. The minimum atomic E-state index is 0. The molecule has 0 saturated carbocycles. The molecular weight excluding hydrogens is 310 g/mol. The summed E-state index contributed by atoms with van der Waals surface area (Å²) in [5, 5.41) is 0. The van der Waals surface area contributed by atoms with E-state index in [1.54, 1.807) is 0 Å². The molecule has 0 aromatic rings. The zero-order chi connectivity index (χ0) is 13.4. The van der Waals surface area contributed by atoms with E-state index >= 15 is 0 Å². The van der Waals surface area contributed by atoms with Crippen molar-refractivity contribution in [2.75, 3.05) is 5.45 Å². The van der Waals surface area contributed by atoms with E-state index in [1.807, 2.05) is 0 Å². The molecule has 0 saturated heterocycles. The van der Waals surface area contributed by atoms with Crippen LogP contribution in [0.2, 0.25) is 0 Å². The molecule has 0 unspecified atom stereocenters.